The molecule has 0 saturated carbocycles. The molecule has 2 saturated heterocycles. The van der Waals surface area contributed by atoms with E-state index in [0.717, 1.165) is 24.0 Å². The van der Waals surface area contributed by atoms with Crippen LogP contribution in [0.3, 0.4) is 0 Å². The average Bonchev–Trinajstić information content (AvgIpc) is 3.64. The minimum atomic E-state index is -0.817. The van der Waals surface area contributed by atoms with E-state index in [4.69, 9.17) is 30.9 Å². The van der Waals surface area contributed by atoms with Gasteiger partial charge < -0.3 is 34.9 Å². The fourth-order valence-electron chi connectivity index (χ4n) is 5.29. The molecule has 4 unspecified atom stereocenters. The molecule has 0 aliphatic carbocycles. The van der Waals surface area contributed by atoms with Crippen molar-refractivity contribution in [3.05, 3.63) is 46.5 Å². The highest BCUT2D eigenvalue weighted by molar-refractivity contribution is 6.35. The number of carboxylic acid groups (broad SMARTS) is 1. The van der Waals surface area contributed by atoms with E-state index in [1.165, 1.54) is 0 Å². The maximum atomic E-state index is 13.2. The molecule has 0 aromatic heterocycles. The van der Waals surface area contributed by atoms with Gasteiger partial charge in [-0.2, -0.15) is 0 Å². The van der Waals surface area contributed by atoms with Crippen molar-refractivity contribution in [2.75, 3.05) is 26.1 Å². The van der Waals surface area contributed by atoms with E-state index >= 15 is 0 Å². The molecular formula is C31H44ClN3O7. The first-order valence-corrected chi connectivity index (χ1v) is 14.7. The van der Waals surface area contributed by atoms with E-state index in [1.807, 2.05) is 25.1 Å². The summed E-state index contributed by atoms with van der Waals surface area (Å²) in [4.78, 5) is 36.8. The molecule has 3 heterocycles. The number of benzene rings is 1. The van der Waals surface area contributed by atoms with Gasteiger partial charge in [-0.05, 0) is 64.8 Å². The first-order valence-electron chi connectivity index (χ1n) is 14.3. The van der Waals surface area contributed by atoms with Crippen LogP contribution in [0.1, 0.15) is 58.9 Å². The summed E-state index contributed by atoms with van der Waals surface area (Å²) in [6.45, 7) is 7.73. The van der Waals surface area contributed by atoms with Crippen molar-refractivity contribution in [1.29, 1.82) is 0 Å². The number of ether oxygens (including phenoxy) is 3. The quantitative estimate of drug-likeness (QED) is 0.416. The predicted molar refractivity (Wildman–Crippen MR) is 162 cm³/mol. The number of allylic oxidation sites excluding steroid dienone is 3. The number of carboxylic acids is 1. The molecular weight excluding hydrogens is 562 g/mol. The van der Waals surface area contributed by atoms with E-state index in [0.29, 0.717) is 35.7 Å². The Balaban J connectivity index is 0.000000616. The minimum absolute atomic E-state index is 0.0130. The molecule has 11 heteroatoms. The van der Waals surface area contributed by atoms with Crippen LogP contribution in [0.2, 0.25) is 5.02 Å². The van der Waals surface area contributed by atoms with Crippen molar-refractivity contribution < 1.29 is 33.7 Å². The number of aliphatic carboxylic acids is 1. The third-order valence-corrected chi connectivity index (χ3v) is 8.58. The predicted octanol–water partition coefficient (Wildman–Crippen LogP) is 4.88. The van der Waals surface area contributed by atoms with Gasteiger partial charge in [0.05, 0.1) is 24.5 Å². The van der Waals surface area contributed by atoms with Gasteiger partial charge in [0.1, 0.15) is 22.9 Å². The standard InChI is InChI=1S/C27H35ClN2O5.C4H9NO2/c1-16-8-6-7-9-19-15-21(34-26(32)29-19)17(2)25-27(3,35-25)11-10-23(31)30(4)20-13-18(12-16)14-22(33-5)24(20)28;1-3(5-2)4(6)7/h6-8,13-14,17,19,21,25H,9-12,15H2,1-5H3,(H,29,32);3,5H,1-2H3,(H,6,7)/b7-6+,16-8+;/t17-,19?,21?,25?,27?;3-/m10/s1. The van der Waals surface area contributed by atoms with E-state index in [-0.39, 0.29) is 36.2 Å². The number of hydrogen-bond acceptors (Lipinski definition) is 7. The smallest absolute Gasteiger partial charge is 0.407 e. The van der Waals surface area contributed by atoms with Gasteiger partial charge in [0.25, 0.3) is 0 Å². The van der Waals surface area contributed by atoms with Gasteiger partial charge in [-0.3, -0.25) is 9.59 Å². The highest BCUT2D eigenvalue weighted by atomic mass is 35.5. The van der Waals surface area contributed by atoms with Crippen molar-refractivity contribution in [2.24, 2.45) is 5.92 Å². The number of halogens is 1. The van der Waals surface area contributed by atoms with Crippen LogP contribution in [0.4, 0.5) is 10.5 Å². The molecule has 6 atom stereocenters. The zero-order valence-corrected chi connectivity index (χ0v) is 26.3. The lowest BCUT2D eigenvalue weighted by molar-refractivity contribution is -0.138. The molecule has 0 radical (unpaired) electrons. The summed E-state index contributed by atoms with van der Waals surface area (Å²) in [7, 11) is 4.93. The topological polar surface area (TPSA) is 130 Å². The fourth-order valence-corrected chi connectivity index (χ4v) is 5.60. The van der Waals surface area contributed by atoms with Crippen molar-refractivity contribution in [1.82, 2.24) is 10.6 Å². The van der Waals surface area contributed by atoms with E-state index in [9.17, 15) is 14.4 Å². The van der Waals surface area contributed by atoms with Crippen molar-refractivity contribution >= 4 is 35.3 Å². The molecule has 3 N–H and O–H groups in total. The maximum Gasteiger partial charge on any atom is 0.407 e. The summed E-state index contributed by atoms with van der Waals surface area (Å²) in [5.41, 5.74) is 2.37. The summed E-state index contributed by atoms with van der Waals surface area (Å²) in [5.74, 6) is -0.286. The Labute approximate surface area is 253 Å². The van der Waals surface area contributed by atoms with Crippen LogP contribution < -0.4 is 20.3 Å². The Morgan fingerprint density at radius 3 is 2.67 bits per heavy atom. The number of hydrogen-bond donors (Lipinski definition) is 3. The first-order chi connectivity index (χ1) is 19.8. The molecule has 1 aromatic carbocycles. The highest BCUT2D eigenvalue weighted by Crippen LogP contribution is 2.47. The number of methoxy groups -OCH3 is 1. The van der Waals surface area contributed by atoms with Crippen LogP contribution in [0.5, 0.6) is 5.75 Å². The molecule has 42 heavy (non-hydrogen) atoms. The zero-order chi connectivity index (χ0) is 31.2. The Kier molecular flexibility index (Phi) is 11.5. The minimum Gasteiger partial charge on any atom is -0.495 e. The molecule has 4 bridgehead atoms. The molecule has 232 valence electrons. The lowest BCUT2D eigenvalue weighted by Gasteiger charge is -2.33. The number of rotatable bonds is 3. The number of carbonyl (C=O) groups excluding carboxylic acids is 2. The number of alkyl carbamates (subject to hydrolysis) is 1. The number of amides is 2. The summed E-state index contributed by atoms with van der Waals surface area (Å²) in [5, 5.41) is 14.0. The van der Waals surface area contributed by atoms with Gasteiger partial charge in [0, 0.05) is 31.8 Å². The lowest BCUT2D eigenvalue weighted by atomic mass is 9.86. The van der Waals surface area contributed by atoms with Crippen LogP contribution in [-0.2, 0) is 25.5 Å². The number of anilines is 1. The number of epoxide rings is 1. The second-order valence-electron chi connectivity index (χ2n) is 11.5. The Bertz CT molecular complexity index is 1220. The van der Waals surface area contributed by atoms with Gasteiger partial charge >= 0.3 is 12.1 Å². The van der Waals surface area contributed by atoms with Gasteiger partial charge in [-0.25, -0.2) is 4.79 Å². The van der Waals surface area contributed by atoms with Gasteiger partial charge in [0.2, 0.25) is 5.91 Å². The monoisotopic (exact) mass is 605 g/mol. The SMILES string of the molecule is CN[C@@H](C)C(=O)O.COc1cc2cc(c1Cl)N(C)C(=O)CCC1(C)OC1[C@H](C)C1CC(C/C=C/C=C(\C)C2)NC(=O)O1. The molecule has 1 aromatic rings. The molecule has 10 nitrogen and oxygen atoms in total. The summed E-state index contributed by atoms with van der Waals surface area (Å²) < 4.78 is 17.2. The molecule has 0 spiro atoms. The number of nitrogens with zero attached hydrogens (tertiary/aromatic N) is 1. The summed E-state index contributed by atoms with van der Waals surface area (Å²) >= 11 is 6.60. The van der Waals surface area contributed by atoms with Gasteiger partial charge in [-0.1, -0.05) is 42.3 Å². The van der Waals surface area contributed by atoms with Crippen LogP contribution in [0, 0.1) is 5.92 Å². The van der Waals surface area contributed by atoms with Crippen LogP contribution in [0.15, 0.2) is 35.9 Å². The Hall–Kier alpha value is -3.08. The van der Waals surface area contributed by atoms with Crippen LogP contribution in [0.25, 0.3) is 0 Å². The second kappa shape index (κ2) is 14.4. The number of carbonyl (C=O) groups is 3. The molecule has 4 rings (SSSR count). The normalized spacial score (nSPS) is 30.7. The number of likely N-dealkylation sites (N-methyl/N-ethyl adjacent to an activating group) is 1. The molecule has 3 aliphatic rings. The Morgan fingerprint density at radius 2 is 2.05 bits per heavy atom. The largest absolute Gasteiger partial charge is 0.495 e. The van der Waals surface area contributed by atoms with Crippen LogP contribution in [-0.4, -0.2) is 74.2 Å². The second-order valence-corrected chi connectivity index (χ2v) is 11.9. The summed E-state index contributed by atoms with van der Waals surface area (Å²) in [6.07, 6.45) is 8.53. The van der Waals surface area contributed by atoms with Gasteiger partial charge in [-0.15, -0.1) is 0 Å². The molecule has 2 amide bonds. The fraction of sp³-hybridized carbons (Fsp3) is 0.581. The highest BCUT2D eigenvalue weighted by Gasteiger charge is 2.57. The lowest BCUT2D eigenvalue weighted by Crippen LogP contribution is -2.48. The van der Waals surface area contributed by atoms with Crippen molar-refractivity contribution in [2.45, 2.75) is 89.7 Å². The third-order valence-electron chi connectivity index (χ3n) is 8.20. The van der Waals surface area contributed by atoms with E-state index in [2.05, 4.69) is 36.6 Å². The maximum absolute atomic E-state index is 13.2. The van der Waals surface area contributed by atoms with Crippen LogP contribution >= 0.6 is 11.6 Å². The zero-order valence-electron chi connectivity index (χ0n) is 25.5. The first kappa shape index (κ1) is 33.4. The third kappa shape index (κ3) is 8.49. The van der Waals surface area contributed by atoms with E-state index < -0.39 is 17.6 Å². The van der Waals surface area contributed by atoms with Crippen molar-refractivity contribution in [3.8, 4) is 5.75 Å². The molecule has 2 fully saturated rings. The number of nitrogens with one attached hydrogen (secondary N) is 2. The van der Waals surface area contributed by atoms with E-state index in [1.54, 1.807) is 33.0 Å². The summed E-state index contributed by atoms with van der Waals surface area (Å²) in [6, 6.07) is 3.45. The van der Waals surface area contributed by atoms with Crippen molar-refractivity contribution in [3.63, 3.8) is 0 Å². The molecule has 3 aliphatic heterocycles. The number of fused-ring (bicyclic) bond motifs is 5. The average molecular weight is 606 g/mol. The Morgan fingerprint density at radius 1 is 1.33 bits per heavy atom. The van der Waals surface area contributed by atoms with Gasteiger partial charge in [0.15, 0.2) is 0 Å².